The van der Waals surface area contributed by atoms with Crippen molar-refractivity contribution in [2.45, 2.75) is 26.3 Å². The second-order valence-electron chi connectivity index (χ2n) is 3.91. The Hall–Kier alpha value is -0.120. The first kappa shape index (κ1) is 12.9. The Kier molecular flexibility index (Phi) is 7.23. The second kappa shape index (κ2) is 7.30. The molecular weight excluding hydrogens is 164 g/mol. The summed E-state index contributed by atoms with van der Waals surface area (Å²) in [6.07, 6.45) is 1.17. The first-order chi connectivity index (χ1) is 6.11. The minimum Gasteiger partial charge on any atom is -0.383 e. The van der Waals surface area contributed by atoms with E-state index in [9.17, 15) is 0 Å². The van der Waals surface area contributed by atoms with Gasteiger partial charge in [0.05, 0.1) is 6.61 Å². The molecule has 0 heterocycles. The number of nitrogens with two attached hydrogens (primary N) is 1. The highest BCUT2D eigenvalue weighted by molar-refractivity contribution is 4.64. The van der Waals surface area contributed by atoms with Gasteiger partial charge in [-0.05, 0) is 39.4 Å². The summed E-state index contributed by atoms with van der Waals surface area (Å²) in [5, 5.41) is 0. The van der Waals surface area contributed by atoms with Gasteiger partial charge in [0, 0.05) is 13.2 Å². The summed E-state index contributed by atoms with van der Waals surface area (Å²) in [6, 6.07) is 0.495. The third-order valence-electron chi connectivity index (χ3n) is 2.54. The van der Waals surface area contributed by atoms with E-state index < -0.39 is 0 Å². The van der Waals surface area contributed by atoms with Gasteiger partial charge in [0.2, 0.25) is 0 Å². The Labute approximate surface area is 82.2 Å². The standard InChI is InChI=1S/C10H24N2O/c1-9(7-11)5-6-12(3)10(2)8-13-4/h9-10H,5-8,11H2,1-4H3. The maximum Gasteiger partial charge on any atom is 0.0615 e. The van der Waals surface area contributed by atoms with Crippen LogP contribution < -0.4 is 5.73 Å². The molecule has 0 saturated heterocycles. The van der Waals surface area contributed by atoms with Crippen molar-refractivity contribution in [1.29, 1.82) is 0 Å². The fourth-order valence-electron chi connectivity index (χ4n) is 1.13. The molecular formula is C10H24N2O. The number of nitrogens with zero attached hydrogens (tertiary/aromatic N) is 1. The largest absolute Gasteiger partial charge is 0.383 e. The molecule has 0 aliphatic heterocycles. The van der Waals surface area contributed by atoms with Crippen LogP contribution in [0.5, 0.6) is 0 Å². The number of likely N-dealkylation sites (N-methyl/N-ethyl adjacent to an activating group) is 1. The first-order valence-corrected chi connectivity index (χ1v) is 5.01. The van der Waals surface area contributed by atoms with Crippen LogP contribution in [0.2, 0.25) is 0 Å². The van der Waals surface area contributed by atoms with Crippen LogP contribution in [0.3, 0.4) is 0 Å². The highest BCUT2D eigenvalue weighted by Gasteiger charge is 2.09. The smallest absolute Gasteiger partial charge is 0.0615 e. The van der Waals surface area contributed by atoms with E-state index in [0.717, 1.165) is 19.7 Å². The third-order valence-corrected chi connectivity index (χ3v) is 2.54. The van der Waals surface area contributed by atoms with Crippen molar-refractivity contribution >= 4 is 0 Å². The zero-order valence-corrected chi connectivity index (χ0v) is 9.42. The van der Waals surface area contributed by atoms with Gasteiger partial charge in [0.15, 0.2) is 0 Å². The van der Waals surface area contributed by atoms with Crippen LogP contribution in [-0.2, 0) is 4.74 Å². The molecule has 0 bridgehead atoms. The summed E-state index contributed by atoms with van der Waals surface area (Å²) in [5.41, 5.74) is 5.55. The van der Waals surface area contributed by atoms with Crippen LogP contribution >= 0.6 is 0 Å². The van der Waals surface area contributed by atoms with Gasteiger partial charge >= 0.3 is 0 Å². The molecule has 0 aromatic heterocycles. The molecule has 0 amide bonds. The number of methoxy groups -OCH3 is 1. The molecule has 0 saturated carbocycles. The predicted octanol–water partition coefficient (Wildman–Crippen LogP) is 0.938. The summed E-state index contributed by atoms with van der Waals surface area (Å²) < 4.78 is 5.09. The van der Waals surface area contributed by atoms with Crippen molar-refractivity contribution < 1.29 is 4.74 Å². The van der Waals surface area contributed by atoms with E-state index >= 15 is 0 Å². The molecule has 0 rings (SSSR count). The van der Waals surface area contributed by atoms with Gasteiger partial charge in [0.1, 0.15) is 0 Å². The summed E-state index contributed by atoms with van der Waals surface area (Å²) in [6.45, 7) is 7.05. The van der Waals surface area contributed by atoms with Crippen molar-refractivity contribution in [2.24, 2.45) is 11.7 Å². The maximum atomic E-state index is 5.55. The molecule has 2 atom stereocenters. The fourth-order valence-corrected chi connectivity index (χ4v) is 1.13. The van der Waals surface area contributed by atoms with Gasteiger partial charge < -0.3 is 15.4 Å². The summed E-state index contributed by atoms with van der Waals surface area (Å²) in [5.74, 6) is 0.622. The van der Waals surface area contributed by atoms with Crippen molar-refractivity contribution in [3.05, 3.63) is 0 Å². The third kappa shape index (κ3) is 6.02. The molecule has 0 aliphatic rings. The molecule has 0 spiro atoms. The Morgan fingerprint density at radius 1 is 1.38 bits per heavy atom. The van der Waals surface area contributed by atoms with E-state index in [1.807, 2.05) is 0 Å². The molecule has 0 fully saturated rings. The number of hydrogen-bond acceptors (Lipinski definition) is 3. The van der Waals surface area contributed by atoms with Crippen LogP contribution in [0.4, 0.5) is 0 Å². The highest BCUT2D eigenvalue weighted by atomic mass is 16.5. The average Bonchev–Trinajstić information content (AvgIpc) is 2.13. The lowest BCUT2D eigenvalue weighted by molar-refractivity contribution is 0.112. The Morgan fingerprint density at radius 2 is 2.00 bits per heavy atom. The Balaban J connectivity index is 3.54. The molecule has 3 nitrogen and oxygen atoms in total. The molecule has 3 heteroatoms. The van der Waals surface area contributed by atoms with E-state index in [-0.39, 0.29) is 0 Å². The SMILES string of the molecule is COCC(C)N(C)CCC(C)CN. The van der Waals surface area contributed by atoms with Crippen molar-refractivity contribution in [3.63, 3.8) is 0 Å². The van der Waals surface area contributed by atoms with E-state index in [0.29, 0.717) is 12.0 Å². The van der Waals surface area contributed by atoms with Crippen LogP contribution in [-0.4, -0.2) is 44.8 Å². The van der Waals surface area contributed by atoms with Crippen LogP contribution in [0.25, 0.3) is 0 Å². The lowest BCUT2D eigenvalue weighted by atomic mass is 10.1. The van der Waals surface area contributed by atoms with Gasteiger partial charge in [-0.25, -0.2) is 0 Å². The van der Waals surface area contributed by atoms with E-state index in [1.54, 1.807) is 7.11 Å². The van der Waals surface area contributed by atoms with E-state index in [2.05, 4.69) is 25.8 Å². The Bertz CT molecular complexity index is 119. The molecule has 0 aromatic carbocycles. The predicted molar refractivity (Wildman–Crippen MR) is 56.8 cm³/mol. The summed E-state index contributed by atoms with van der Waals surface area (Å²) >= 11 is 0. The van der Waals surface area contributed by atoms with Gasteiger partial charge in [-0.1, -0.05) is 6.92 Å². The van der Waals surface area contributed by atoms with E-state index in [4.69, 9.17) is 10.5 Å². The fraction of sp³-hybridized carbons (Fsp3) is 1.00. The van der Waals surface area contributed by atoms with Crippen molar-refractivity contribution in [2.75, 3.05) is 33.9 Å². The molecule has 0 radical (unpaired) electrons. The molecule has 0 aliphatic carbocycles. The number of ether oxygens (including phenoxy) is 1. The summed E-state index contributed by atoms with van der Waals surface area (Å²) in [4.78, 5) is 2.32. The monoisotopic (exact) mass is 188 g/mol. The lowest BCUT2D eigenvalue weighted by Crippen LogP contribution is -2.34. The van der Waals surface area contributed by atoms with Gasteiger partial charge in [-0.3, -0.25) is 0 Å². The highest BCUT2D eigenvalue weighted by Crippen LogP contribution is 2.03. The van der Waals surface area contributed by atoms with Crippen molar-refractivity contribution in [3.8, 4) is 0 Å². The van der Waals surface area contributed by atoms with E-state index in [1.165, 1.54) is 6.42 Å². The molecule has 0 aromatic rings. The molecule has 80 valence electrons. The topological polar surface area (TPSA) is 38.5 Å². The maximum absolute atomic E-state index is 5.55. The second-order valence-corrected chi connectivity index (χ2v) is 3.91. The minimum absolute atomic E-state index is 0.495. The van der Waals surface area contributed by atoms with Crippen LogP contribution in [0.1, 0.15) is 20.3 Å². The van der Waals surface area contributed by atoms with Crippen molar-refractivity contribution in [1.82, 2.24) is 4.90 Å². The van der Waals surface area contributed by atoms with Gasteiger partial charge in [-0.15, -0.1) is 0 Å². The molecule has 2 unspecified atom stereocenters. The Morgan fingerprint density at radius 3 is 2.46 bits per heavy atom. The van der Waals surface area contributed by atoms with Crippen LogP contribution in [0.15, 0.2) is 0 Å². The lowest BCUT2D eigenvalue weighted by Gasteiger charge is -2.25. The van der Waals surface area contributed by atoms with Crippen LogP contribution in [0, 0.1) is 5.92 Å². The van der Waals surface area contributed by atoms with Gasteiger partial charge in [-0.2, -0.15) is 0 Å². The number of hydrogen-bond donors (Lipinski definition) is 1. The normalized spacial score (nSPS) is 16.2. The first-order valence-electron chi connectivity index (χ1n) is 5.01. The minimum atomic E-state index is 0.495. The quantitative estimate of drug-likeness (QED) is 0.646. The van der Waals surface area contributed by atoms with Gasteiger partial charge in [0.25, 0.3) is 0 Å². The molecule has 13 heavy (non-hydrogen) atoms. The summed E-state index contributed by atoms with van der Waals surface area (Å²) in [7, 11) is 3.87. The number of rotatable bonds is 7. The average molecular weight is 188 g/mol. The zero-order chi connectivity index (χ0) is 10.3. The molecule has 2 N–H and O–H groups in total. The zero-order valence-electron chi connectivity index (χ0n) is 9.42.